The van der Waals surface area contributed by atoms with Gasteiger partial charge in [0.25, 0.3) is 0 Å². The van der Waals surface area contributed by atoms with Crippen molar-refractivity contribution < 1.29 is 5.11 Å². The van der Waals surface area contributed by atoms with Gasteiger partial charge in [0.1, 0.15) is 0 Å². The highest BCUT2D eigenvalue weighted by Crippen LogP contribution is 2.24. The Morgan fingerprint density at radius 1 is 1.69 bits per heavy atom. The largest absolute Gasteiger partial charge is 0.391 e. The van der Waals surface area contributed by atoms with Crippen LogP contribution in [-0.2, 0) is 0 Å². The first-order valence-corrected chi connectivity index (χ1v) is 4.94. The summed E-state index contributed by atoms with van der Waals surface area (Å²) in [4.78, 5) is 4.04. The fourth-order valence-electron chi connectivity index (χ4n) is 0.899. The standard InChI is InChI=1S/C8H10BrClN2O/c1-4(13)7(11)8-6(9)2-5(10)3-12-8/h2-4,7,13H,11H2,1H3. The molecule has 5 heteroatoms. The minimum absolute atomic E-state index is 0.494. The molecule has 1 rings (SSSR count). The SMILES string of the molecule is CC(O)C(N)c1ncc(Cl)cc1Br. The van der Waals surface area contributed by atoms with Crippen molar-refractivity contribution in [1.82, 2.24) is 4.98 Å². The van der Waals surface area contributed by atoms with E-state index in [9.17, 15) is 5.11 Å². The average Bonchev–Trinajstić information content (AvgIpc) is 2.03. The molecule has 2 unspecified atom stereocenters. The van der Waals surface area contributed by atoms with Gasteiger partial charge >= 0.3 is 0 Å². The molecule has 1 heterocycles. The lowest BCUT2D eigenvalue weighted by Gasteiger charge is -2.15. The molecule has 1 aromatic rings. The zero-order valence-corrected chi connectivity index (χ0v) is 9.38. The van der Waals surface area contributed by atoms with Crippen molar-refractivity contribution in [2.24, 2.45) is 5.73 Å². The summed E-state index contributed by atoms with van der Waals surface area (Å²) in [5, 5.41) is 9.78. The maximum atomic E-state index is 9.25. The van der Waals surface area contributed by atoms with E-state index in [4.69, 9.17) is 17.3 Å². The van der Waals surface area contributed by atoms with Crippen molar-refractivity contribution in [2.45, 2.75) is 19.1 Å². The van der Waals surface area contributed by atoms with E-state index in [-0.39, 0.29) is 0 Å². The monoisotopic (exact) mass is 264 g/mol. The zero-order chi connectivity index (χ0) is 10.0. The summed E-state index contributed by atoms with van der Waals surface area (Å²) < 4.78 is 0.716. The fraction of sp³-hybridized carbons (Fsp3) is 0.375. The van der Waals surface area contributed by atoms with Crippen LogP contribution in [0.5, 0.6) is 0 Å². The molecule has 0 aliphatic carbocycles. The van der Waals surface area contributed by atoms with Crippen LogP contribution in [0.4, 0.5) is 0 Å². The number of hydrogen-bond donors (Lipinski definition) is 2. The van der Waals surface area contributed by atoms with E-state index in [1.54, 1.807) is 13.0 Å². The lowest BCUT2D eigenvalue weighted by atomic mass is 10.1. The van der Waals surface area contributed by atoms with E-state index >= 15 is 0 Å². The Kier molecular flexibility index (Phi) is 3.67. The maximum Gasteiger partial charge on any atom is 0.0742 e. The summed E-state index contributed by atoms with van der Waals surface area (Å²) in [6.45, 7) is 1.62. The van der Waals surface area contributed by atoms with Crippen molar-refractivity contribution in [3.8, 4) is 0 Å². The molecule has 72 valence electrons. The number of aliphatic hydroxyl groups is 1. The molecular formula is C8H10BrClN2O. The molecule has 0 aromatic carbocycles. The van der Waals surface area contributed by atoms with Crippen molar-refractivity contribution in [3.05, 3.63) is 27.5 Å². The summed E-state index contributed by atoms with van der Waals surface area (Å²) in [5.41, 5.74) is 6.31. The van der Waals surface area contributed by atoms with Gasteiger partial charge in [0, 0.05) is 10.7 Å². The molecule has 3 nitrogen and oxygen atoms in total. The first-order chi connectivity index (χ1) is 6.02. The van der Waals surface area contributed by atoms with Crippen LogP contribution >= 0.6 is 27.5 Å². The topological polar surface area (TPSA) is 59.1 Å². The second-order valence-corrected chi connectivity index (χ2v) is 4.08. The first-order valence-electron chi connectivity index (χ1n) is 3.77. The molecule has 3 N–H and O–H groups in total. The third-order valence-electron chi connectivity index (χ3n) is 1.67. The number of aliphatic hydroxyl groups excluding tert-OH is 1. The molecule has 1 aromatic heterocycles. The summed E-state index contributed by atoms with van der Waals surface area (Å²) in [6.07, 6.45) is 0.870. The Hall–Kier alpha value is -0.160. The third kappa shape index (κ3) is 2.64. The molecule has 0 saturated carbocycles. The van der Waals surface area contributed by atoms with Gasteiger partial charge < -0.3 is 10.8 Å². The highest BCUT2D eigenvalue weighted by Gasteiger charge is 2.16. The van der Waals surface area contributed by atoms with Gasteiger partial charge in [-0.25, -0.2) is 0 Å². The van der Waals surface area contributed by atoms with E-state index in [1.165, 1.54) is 6.20 Å². The minimum atomic E-state index is -0.634. The van der Waals surface area contributed by atoms with E-state index in [2.05, 4.69) is 20.9 Å². The summed E-state index contributed by atoms with van der Waals surface area (Å²) >= 11 is 8.98. The second kappa shape index (κ2) is 4.37. The summed E-state index contributed by atoms with van der Waals surface area (Å²) in [6, 6.07) is 1.21. The van der Waals surface area contributed by atoms with E-state index in [1.807, 2.05) is 0 Å². The van der Waals surface area contributed by atoms with Crippen LogP contribution in [0, 0.1) is 0 Å². The number of pyridine rings is 1. The Morgan fingerprint density at radius 2 is 2.31 bits per heavy atom. The Morgan fingerprint density at radius 3 is 2.77 bits per heavy atom. The van der Waals surface area contributed by atoms with Gasteiger partial charge in [-0.15, -0.1) is 0 Å². The molecule has 0 bridgehead atoms. The van der Waals surface area contributed by atoms with Crippen molar-refractivity contribution in [2.75, 3.05) is 0 Å². The Labute approximate surface area is 90.1 Å². The highest BCUT2D eigenvalue weighted by atomic mass is 79.9. The van der Waals surface area contributed by atoms with Gasteiger partial charge in [0.2, 0.25) is 0 Å². The van der Waals surface area contributed by atoms with E-state index < -0.39 is 12.1 Å². The van der Waals surface area contributed by atoms with Gasteiger partial charge in [-0.3, -0.25) is 4.98 Å². The Bertz CT molecular complexity index is 306. The Balaban J connectivity index is 3.01. The number of halogens is 2. The first kappa shape index (κ1) is 10.9. The molecule has 0 amide bonds. The smallest absolute Gasteiger partial charge is 0.0742 e. The van der Waals surface area contributed by atoms with Gasteiger partial charge in [-0.1, -0.05) is 11.6 Å². The van der Waals surface area contributed by atoms with Gasteiger partial charge in [-0.05, 0) is 28.9 Å². The number of nitrogens with two attached hydrogens (primary N) is 1. The molecule has 0 aliphatic heterocycles. The predicted octanol–water partition coefficient (Wildman–Crippen LogP) is 1.88. The highest BCUT2D eigenvalue weighted by molar-refractivity contribution is 9.10. The number of aromatic nitrogens is 1. The number of rotatable bonds is 2. The lowest BCUT2D eigenvalue weighted by molar-refractivity contribution is 0.162. The maximum absolute atomic E-state index is 9.25. The van der Waals surface area contributed by atoms with Crippen LogP contribution in [0.25, 0.3) is 0 Å². The normalized spacial score (nSPS) is 15.5. The third-order valence-corrected chi connectivity index (χ3v) is 2.51. The molecule has 0 saturated heterocycles. The van der Waals surface area contributed by atoms with E-state index in [0.717, 1.165) is 0 Å². The molecule has 0 radical (unpaired) electrons. The van der Waals surface area contributed by atoms with Crippen LogP contribution in [0.3, 0.4) is 0 Å². The predicted molar refractivity (Wildman–Crippen MR) is 55.6 cm³/mol. The van der Waals surface area contributed by atoms with Crippen LogP contribution in [0.15, 0.2) is 16.7 Å². The zero-order valence-electron chi connectivity index (χ0n) is 7.04. The molecule has 2 atom stereocenters. The lowest BCUT2D eigenvalue weighted by Crippen LogP contribution is -2.24. The molecule has 0 spiro atoms. The molecule has 0 aliphatic rings. The quantitative estimate of drug-likeness (QED) is 0.858. The fourth-order valence-corrected chi connectivity index (χ4v) is 1.80. The summed E-state index contributed by atoms with van der Waals surface area (Å²) in [5.74, 6) is 0. The van der Waals surface area contributed by atoms with Crippen LogP contribution < -0.4 is 5.73 Å². The minimum Gasteiger partial charge on any atom is -0.391 e. The average molecular weight is 266 g/mol. The van der Waals surface area contributed by atoms with Crippen molar-refractivity contribution in [1.29, 1.82) is 0 Å². The molecular weight excluding hydrogens is 255 g/mol. The van der Waals surface area contributed by atoms with Gasteiger partial charge in [-0.2, -0.15) is 0 Å². The van der Waals surface area contributed by atoms with Gasteiger partial charge in [0.15, 0.2) is 0 Å². The summed E-state index contributed by atoms with van der Waals surface area (Å²) in [7, 11) is 0. The number of hydrogen-bond acceptors (Lipinski definition) is 3. The second-order valence-electron chi connectivity index (χ2n) is 2.79. The molecule has 13 heavy (non-hydrogen) atoms. The van der Waals surface area contributed by atoms with Crippen molar-refractivity contribution >= 4 is 27.5 Å². The number of nitrogens with zero attached hydrogens (tertiary/aromatic N) is 1. The van der Waals surface area contributed by atoms with E-state index in [0.29, 0.717) is 15.2 Å². The van der Waals surface area contributed by atoms with Crippen molar-refractivity contribution in [3.63, 3.8) is 0 Å². The van der Waals surface area contributed by atoms with Crippen LogP contribution in [0.2, 0.25) is 5.02 Å². The molecule has 0 fully saturated rings. The van der Waals surface area contributed by atoms with Gasteiger partial charge in [0.05, 0.1) is 22.9 Å². The van der Waals surface area contributed by atoms with Crippen LogP contribution in [-0.4, -0.2) is 16.2 Å². The van der Waals surface area contributed by atoms with Crippen LogP contribution in [0.1, 0.15) is 18.7 Å².